The number of unbranched alkanes of at least 4 members (excludes halogenated alkanes) is 1. The van der Waals surface area contributed by atoms with Crippen LogP contribution in [0.4, 0.5) is 0 Å². The third-order valence-corrected chi connectivity index (χ3v) is 2.78. The summed E-state index contributed by atoms with van der Waals surface area (Å²) in [6, 6.07) is 0.749. The van der Waals surface area contributed by atoms with Crippen molar-refractivity contribution in [3.05, 3.63) is 0 Å². The normalized spacial score (nSPS) is 19.0. The van der Waals surface area contributed by atoms with Gasteiger partial charge in [0.2, 0.25) is 0 Å². The smallest absolute Gasteiger partial charge is 0.139 e. The lowest BCUT2D eigenvalue weighted by Crippen LogP contribution is -2.27. The molecule has 1 rings (SSSR count). The highest BCUT2D eigenvalue weighted by molar-refractivity contribution is 5.79. The van der Waals surface area contributed by atoms with Gasteiger partial charge in [-0.1, -0.05) is 18.0 Å². The summed E-state index contributed by atoms with van der Waals surface area (Å²) in [7, 11) is 0. The second kappa shape index (κ2) is 6.65. The SMILES string of the molecule is NC(CCCCNC1CCCC1)=NO. The van der Waals surface area contributed by atoms with Gasteiger partial charge in [0.25, 0.3) is 0 Å². The second-order valence-electron chi connectivity index (χ2n) is 3.98. The Morgan fingerprint density at radius 3 is 2.71 bits per heavy atom. The zero-order valence-corrected chi connectivity index (χ0v) is 8.71. The molecule has 1 aliphatic carbocycles. The van der Waals surface area contributed by atoms with Crippen LogP contribution in [0.15, 0.2) is 5.16 Å². The van der Waals surface area contributed by atoms with Crippen LogP contribution in [-0.4, -0.2) is 23.6 Å². The highest BCUT2D eigenvalue weighted by Crippen LogP contribution is 2.17. The molecule has 0 aromatic rings. The maximum Gasteiger partial charge on any atom is 0.139 e. The first-order valence-corrected chi connectivity index (χ1v) is 5.52. The van der Waals surface area contributed by atoms with Crippen molar-refractivity contribution in [3.8, 4) is 0 Å². The molecule has 1 saturated carbocycles. The van der Waals surface area contributed by atoms with Crippen molar-refractivity contribution >= 4 is 5.84 Å². The van der Waals surface area contributed by atoms with Crippen LogP contribution in [0, 0.1) is 0 Å². The second-order valence-corrected chi connectivity index (χ2v) is 3.98. The van der Waals surface area contributed by atoms with Crippen molar-refractivity contribution < 1.29 is 5.21 Å². The van der Waals surface area contributed by atoms with Crippen LogP contribution in [0.5, 0.6) is 0 Å². The molecule has 0 aliphatic heterocycles. The number of nitrogens with two attached hydrogens (primary N) is 1. The van der Waals surface area contributed by atoms with E-state index in [0.29, 0.717) is 12.3 Å². The molecule has 14 heavy (non-hydrogen) atoms. The molecule has 1 fully saturated rings. The number of hydrogen-bond acceptors (Lipinski definition) is 3. The molecule has 0 aromatic carbocycles. The van der Waals surface area contributed by atoms with E-state index in [2.05, 4.69) is 10.5 Å². The number of rotatable bonds is 6. The highest BCUT2D eigenvalue weighted by Gasteiger charge is 2.12. The molecule has 4 heteroatoms. The molecule has 0 bridgehead atoms. The average Bonchev–Trinajstić information content (AvgIpc) is 2.69. The molecule has 0 amide bonds. The molecule has 0 unspecified atom stereocenters. The Labute approximate surface area is 85.6 Å². The first kappa shape index (κ1) is 11.3. The van der Waals surface area contributed by atoms with E-state index in [1.165, 1.54) is 25.7 Å². The molecule has 0 heterocycles. The van der Waals surface area contributed by atoms with E-state index in [1.54, 1.807) is 0 Å². The van der Waals surface area contributed by atoms with Crippen LogP contribution >= 0.6 is 0 Å². The summed E-state index contributed by atoms with van der Waals surface area (Å²) in [5, 5.41) is 14.8. The molecular formula is C10H21N3O. The summed E-state index contributed by atoms with van der Waals surface area (Å²) in [6.07, 6.45) is 8.22. The Balaban J connectivity index is 1.89. The molecule has 0 spiro atoms. The van der Waals surface area contributed by atoms with E-state index < -0.39 is 0 Å². The predicted octanol–water partition coefficient (Wildman–Crippen LogP) is 1.44. The van der Waals surface area contributed by atoms with Gasteiger partial charge < -0.3 is 16.3 Å². The van der Waals surface area contributed by atoms with Gasteiger partial charge >= 0.3 is 0 Å². The fraction of sp³-hybridized carbons (Fsp3) is 0.900. The third kappa shape index (κ3) is 4.46. The molecule has 0 aromatic heterocycles. The van der Waals surface area contributed by atoms with E-state index in [1.807, 2.05) is 0 Å². The summed E-state index contributed by atoms with van der Waals surface area (Å²) in [6.45, 7) is 1.06. The van der Waals surface area contributed by atoms with Gasteiger partial charge in [0.1, 0.15) is 5.84 Å². The van der Waals surface area contributed by atoms with Crippen molar-refractivity contribution in [3.63, 3.8) is 0 Å². The Morgan fingerprint density at radius 2 is 2.07 bits per heavy atom. The number of hydrogen-bond donors (Lipinski definition) is 3. The summed E-state index contributed by atoms with van der Waals surface area (Å²) < 4.78 is 0. The highest BCUT2D eigenvalue weighted by atomic mass is 16.4. The first-order valence-electron chi connectivity index (χ1n) is 5.52. The molecule has 0 saturated heterocycles. The van der Waals surface area contributed by atoms with Gasteiger partial charge in [-0.25, -0.2) is 0 Å². The van der Waals surface area contributed by atoms with Gasteiger partial charge in [-0.15, -0.1) is 0 Å². The van der Waals surface area contributed by atoms with Crippen molar-refractivity contribution in [1.29, 1.82) is 0 Å². The predicted molar refractivity (Wildman–Crippen MR) is 57.5 cm³/mol. The first-order chi connectivity index (χ1) is 6.83. The minimum Gasteiger partial charge on any atom is -0.409 e. The lowest BCUT2D eigenvalue weighted by atomic mass is 10.2. The average molecular weight is 199 g/mol. The Kier molecular flexibility index (Phi) is 5.37. The van der Waals surface area contributed by atoms with Crippen molar-refractivity contribution in [1.82, 2.24) is 5.32 Å². The van der Waals surface area contributed by atoms with Crippen molar-refractivity contribution in [2.75, 3.05) is 6.54 Å². The van der Waals surface area contributed by atoms with E-state index >= 15 is 0 Å². The fourth-order valence-electron chi connectivity index (χ4n) is 1.92. The third-order valence-electron chi connectivity index (χ3n) is 2.78. The number of nitrogens with zero attached hydrogens (tertiary/aromatic N) is 1. The number of oxime groups is 1. The van der Waals surface area contributed by atoms with Gasteiger partial charge in [0.15, 0.2) is 0 Å². The molecular weight excluding hydrogens is 178 g/mol. The van der Waals surface area contributed by atoms with Crippen LogP contribution < -0.4 is 11.1 Å². The van der Waals surface area contributed by atoms with Crippen LogP contribution in [0.2, 0.25) is 0 Å². The molecule has 4 N–H and O–H groups in total. The fourth-order valence-corrected chi connectivity index (χ4v) is 1.92. The Morgan fingerprint density at radius 1 is 1.36 bits per heavy atom. The Bertz CT molecular complexity index is 176. The zero-order valence-electron chi connectivity index (χ0n) is 8.71. The van der Waals surface area contributed by atoms with Crippen molar-refractivity contribution in [2.45, 2.75) is 51.0 Å². The van der Waals surface area contributed by atoms with Crippen molar-refractivity contribution in [2.24, 2.45) is 10.9 Å². The van der Waals surface area contributed by atoms with E-state index in [-0.39, 0.29) is 0 Å². The maximum absolute atomic E-state index is 8.31. The maximum atomic E-state index is 8.31. The molecule has 1 aliphatic rings. The van der Waals surface area contributed by atoms with E-state index in [4.69, 9.17) is 10.9 Å². The minimum atomic E-state index is 0.339. The monoisotopic (exact) mass is 199 g/mol. The van der Waals surface area contributed by atoms with E-state index in [0.717, 1.165) is 25.4 Å². The van der Waals surface area contributed by atoms with Gasteiger partial charge in [0.05, 0.1) is 0 Å². The summed E-state index contributed by atoms with van der Waals surface area (Å²) in [5.41, 5.74) is 5.36. The van der Waals surface area contributed by atoms with Gasteiger partial charge in [-0.3, -0.25) is 0 Å². The molecule has 82 valence electrons. The zero-order chi connectivity index (χ0) is 10.2. The van der Waals surface area contributed by atoms with Crippen LogP contribution in [0.3, 0.4) is 0 Å². The summed E-state index contributed by atoms with van der Waals surface area (Å²) in [5.74, 6) is 0.339. The minimum absolute atomic E-state index is 0.339. The van der Waals surface area contributed by atoms with Gasteiger partial charge in [0, 0.05) is 12.5 Å². The van der Waals surface area contributed by atoms with E-state index in [9.17, 15) is 0 Å². The van der Waals surface area contributed by atoms with Crippen LogP contribution in [0.1, 0.15) is 44.9 Å². The standard InChI is InChI=1S/C10H21N3O/c11-10(13-14)7-3-4-8-12-9-5-1-2-6-9/h9,12,14H,1-8H2,(H2,11,13). The molecule has 4 nitrogen and oxygen atoms in total. The molecule has 0 radical (unpaired) electrons. The number of amidine groups is 1. The van der Waals surface area contributed by atoms with Gasteiger partial charge in [-0.05, 0) is 32.2 Å². The molecule has 0 atom stereocenters. The van der Waals surface area contributed by atoms with Crippen LogP contribution in [0.25, 0.3) is 0 Å². The Hall–Kier alpha value is -0.770. The lowest BCUT2D eigenvalue weighted by Gasteiger charge is -2.10. The van der Waals surface area contributed by atoms with Gasteiger partial charge in [-0.2, -0.15) is 0 Å². The number of nitrogens with one attached hydrogen (secondary N) is 1. The quantitative estimate of drug-likeness (QED) is 0.199. The summed E-state index contributed by atoms with van der Waals surface area (Å²) in [4.78, 5) is 0. The summed E-state index contributed by atoms with van der Waals surface area (Å²) >= 11 is 0. The lowest BCUT2D eigenvalue weighted by molar-refractivity contribution is 0.316. The largest absolute Gasteiger partial charge is 0.409 e. The topological polar surface area (TPSA) is 70.6 Å². The van der Waals surface area contributed by atoms with Crippen LogP contribution in [-0.2, 0) is 0 Å².